The molecule has 1 aliphatic rings. The predicted molar refractivity (Wildman–Crippen MR) is 51.9 cm³/mol. The number of urea groups is 1. The highest BCUT2D eigenvalue weighted by molar-refractivity contribution is 5.75. The van der Waals surface area contributed by atoms with Crippen LogP contribution < -0.4 is 5.32 Å². The van der Waals surface area contributed by atoms with Crippen LogP contribution in [0.15, 0.2) is 0 Å². The van der Waals surface area contributed by atoms with E-state index in [-0.39, 0.29) is 24.7 Å². The van der Waals surface area contributed by atoms with E-state index in [1.807, 2.05) is 20.8 Å². The summed E-state index contributed by atoms with van der Waals surface area (Å²) in [5.41, 5.74) is -0.296. The van der Waals surface area contributed by atoms with Gasteiger partial charge in [0.2, 0.25) is 0 Å². The molecule has 5 nitrogen and oxygen atoms in total. The lowest BCUT2D eigenvalue weighted by molar-refractivity contribution is 0.0572. The number of β-amino-alcohol motifs (C(OH)–C–C–N with tert-alkyl or cyclic N) is 2. The Morgan fingerprint density at radius 3 is 2.07 bits per heavy atom. The summed E-state index contributed by atoms with van der Waals surface area (Å²) >= 11 is 0. The van der Waals surface area contributed by atoms with Crippen LogP contribution in [0.4, 0.5) is 4.79 Å². The second-order valence-corrected chi connectivity index (χ2v) is 4.72. The maximum atomic E-state index is 11.5. The predicted octanol–water partition coefficient (Wildman–Crippen LogP) is -0.468. The largest absolute Gasteiger partial charge is 0.388 e. The Morgan fingerprint density at radius 1 is 1.29 bits per heavy atom. The standard InChI is InChI=1S/C9H18N2O3/c1-9(2,3)10-8(14)11-4-6(12)7(13)5-11/h6-7,12-13H,4-5H2,1-3H3,(H,10,14). The number of aliphatic hydroxyl groups is 2. The van der Waals surface area contributed by atoms with Crippen LogP contribution in [0.5, 0.6) is 0 Å². The number of hydrogen-bond acceptors (Lipinski definition) is 3. The average molecular weight is 202 g/mol. The van der Waals surface area contributed by atoms with E-state index in [9.17, 15) is 15.0 Å². The smallest absolute Gasteiger partial charge is 0.317 e. The van der Waals surface area contributed by atoms with Crippen molar-refractivity contribution in [2.75, 3.05) is 13.1 Å². The van der Waals surface area contributed by atoms with Gasteiger partial charge in [0, 0.05) is 5.54 Å². The van der Waals surface area contributed by atoms with E-state index in [0.29, 0.717) is 0 Å². The highest BCUT2D eigenvalue weighted by Gasteiger charge is 2.33. The van der Waals surface area contributed by atoms with E-state index in [1.54, 1.807) is 0 Å². The summed E-state index contributed by atoms with van der Waals surface area (Å²) in [6, 6.07) is -0.242. The van der Waals surface area contributed by atoms with E-state index in [1.165, 1.54) is 4.90 Å². The fourth-order valence-corrected chi connectivity index (χ4v) is 1.34. The first kappa shape index (κ1) is 11.3. The lowest BCUT2D eigenvalue weighted by Gasteiger charge is -2.25. The second-order valence-electron chi connectivity index (χ2n) is 4.72. The molecule has 2 unspecified atom stereocenters. The molecule has 0 bridgehead atoms. The SMILES string of the molecule is CC(C)(C)NC(=O)N1CC(O)C(O)C1. The van der Waals surface area contributed by atoms with Gasteiger partial charge in [-0.05, 0) is 20.8 Å². The minimum Gasteiger partial charge on any atom is -0.388 e. The molecule has 0 saturated carbocycles. The average Bonchev–Trinajstić information content (AvgIpc) is 2.28. The van der Waals surface area contributed by atoms with Gasteiger partial charge in [-0.3, -0.25) is 0 Å². The Balaban J connectivity index is 2.48. The molecule has 0 aromatic rings. The van der Waals surface area contributed by atoms with Crippen molar-refractivity contribution in [3.63, 3.8) is 0 Å². The minimum atomic E-state index is -0.819. The van der Waals surface area contributed by atoms with E-state index < -0.39 is 12.2 Å². The van der Waals surface area contributed by atoms with Crippen LogP contribution in [0, 0.1) is 0 Å². The molecule has 0 aromatic carbocycles. The summed E-state index contributed by atoms with van der Waals surface area (Å²) in [6.07, 6.45) is -1.64. The van der Waals surface area contributed by atoms with Gasteiger partial charge in [0.15, 0.2) is 0 Å². The van der Waals surface area contributed by atoms with E-state index in [0.717, 1.165) is 0 Å². The Morgan fingerprint density at radius 2 is 1.71 bits per heavy atom. The van der Waals surface area contributed by atoms with Gasteiger partial charge in [0.05, 0.1) is 25.3 Å². The maximum absolute atomic E-state index is 11.5. The number of likely N-dealkylation sites (tertiary alicyclic amines) is 1. The number of nitrogens with one attached hydrogen (secondary N) is 1. The van der Waals surface area contributed by atoms with Crippen molar-refractivity contribution in [1.82, 2.24) is 10.2 Å². The fraction of sp³-hybridized carbons (Fsp3) is 0.889. The van der Waals surface area contributed by atoms with Crippen molar-refractivity contribution in [2.45, 2.75) is 38.5 Å². The van der Waals surface area contributed by atoms with Crippen LogP contribution in [0.3, 0.4) is 0 Å². The third-order valence-electron chi connectivity index (χ3n) is 2.03. The van der Waals surface area contributed by atoms with Crippen molar-refractivity contribution >= 4 is 6.03 Å². The summed E-state index contributed by atoms with van der Waals surface area (Å²) < 4.78 is 0. The lowest BCUT2D eigenvalue weighted by Crippen LogP contribution is -2.48. The molecule has 3 N–H and O–H groups in total. The van der Waals surface area contributed by atoms with Crippen molar-refractivity contribution in [3.8, 4) is 0 Å². The van der Waals surface area contributed by atoms with Gasteiger partial charge >= 0.3 is 6.03 Å². The highest BCUT2D eigenvalue weighted by atomic mass is 16.3. The van der Waals surface area contributed by atoms with Gasteiger partial charge < -0.3 is 20.4 Å². The number of aliphatic hydroxyl groups excluding tert-OH is 2. The first-order chi connectivity index (χ1) is 6.29. The summed E-state index contributed by atoms with van der Waals surface area (Å²) in [5.74, 6) is 0. The Bertz CT molecular complexity index is 215. The number of carbonyl (C=O) groups excluding carboxylic acids is 1. The summed E-state index contributed by atoms with van der Waals surface area (Å²) in [7, 11) is 0. The molecule has 1 heterocycles. The lowest BCUT2D eigenvalue weighted by atomic mass is 10.1. The van der Waals surface area contributed by atoms with Gasteiger partial charge in [-0.1, -0.05) is 0 Å². The Hall–Kier alpha value is -0.810. The molecule has 82 valence electrons. The van der Waals surface area contributed by atoms with Crippen molar-refractivity contribution in [2.24, 2.45) is 0 Å². The van der Waals surface area contributed by atoms with Gasteiger partial charge in [0.1, 0.15) is 0 Å². The second kappa shape index (κ2) is 3.74. The molecule has 0 spiro atoms. The maximum Gasteiger partial charge on any atom is 0.317 e. The molecular weight excluding hydrogens is 184 g/mol. The first-order valence-corrected chi connectivity index (χ1v) is 4.73. The number of carbonyl (C=O) groups is 1. The zero-order valence-corrected chi connectivity index (χ0v) is 8.82. The third kappa shape index (κ3) is 2.85. The topological polar surface area (TPSA) is 72.8 Å². The molecule has 14 heavy (non-hydrogen) atoms. The number of rotatable bonds is 0. The van der Waals surface area contributed by atoms with Gasteiger partial charge in [0.25, 0.3) is 0 Å². The van der Waals surface area contributed by atoms with E-state index in [2.05, 4.69) is 5.32 Å². The Labute approximate surface area is 83.7 Å². The zero-order chi connectivity index (χ0) is 10.9. The number of amides is 2. The normalized spacial score (nSPS) is 27.9. The molecule has 0 radical (unpaired) electrons. The van der Waals surface area contributed by atoms with Crippen molar-refractivity contribution in [1.29, 1.82) is 0 Å². The minimum absolute atomic E-state index is 0.198. The van der Waals surface area contributed by atoms with E-state index >= 15 is 0 Å². The fourth-order valence-electron chi connectivity index (χ4n) is 1.34. The monoisotopic (exact) mass is 202 g/mol. The van der Waals surface area contributed by atoms with Crippen LogP contribution in [0.1, 0.15) is 20.8 Å². The third-order valence-corrected chi connectivity index (χ3v) is 2.03. The van der Waals surface area contributed by atoms with Gasteiger partial charge in [-0.25, -0.2) is 4.79 Å². The molecule has 2 amide bonds. The molecule has 1 rings (SSSR count). The first-order valence-electron chi connectivity index (χ1n) is 4.73. The zero-order valence-electron chi connectivity index (χ0n) is 8.82. The molecule has 5 heteroatoms. The quantitative estimate of drug-likeness (QED) is 0.497. The van der Waals surface area contributed by atoms with Crippen molar-refractivity contribution < 1.29 is 15.0 Å². The molecule has 0 aromatic heterocycles. The van der Waals surface area contributed by atoms with Crippen LogP contribution in [0.2, 0.25) is 0 Å². The molecule has 0 aliphatic carbocycles. The summed E-state index contributed by atoms with van der Waals surface area (Å²) in [5, 5.41) is 21.3. The summed E-state index contributed by atoms with van der Waals surface area (Å²) in [4.78, 5) is 13.0. The molecular formula is C9H18N2O3. The number of hydrogen-bond donors (Lipinski definition) is 3. The van der Waals surface area contributed by atoms with Crippen molar-refractivity contribution in [3.05, 3.63) is 0 Å². The highest BCUT2D eigenvalue weighted by Crippen LogP contribution is 2.11. The van der Waals surface area contributed by atoms with Crippen LogP contribution in [-0.2, 0) is 0 Å². The number of nitrogens with zero attached hydrogens (tertiary/aromatic N) is 1. The molecule has 1 aliphatic heterocycles. The molecule has 1 saturated heterocycles. The van der Waals surface area contributed by atoms with Gasteiger partial charge in [-0.15, -0.1) is 0 Å². The van der Waals surface area contributed by atoms with Gasteiger partial charge in [-0.2, -0.15) is 0 Å². The summed E-state index contributed by atoms with van der Waals surface area (Å²) in [6.45, 7) is 6.04. The van der Waals surface area contributed by atoms with Crippen LogP contribution in [-0.4, -0.2) is 52.0 Å². The van der Waals surface area contributed by atoms with Crippen LogP contribution >= 0.6 is 0 Å². The Kier molecular flexibility index (Phi) is 3.01. The molecule has 2 atom stereocenters. The molecule has 1 fully saturated rings. The van der Waals surface area contributed by atoms with Crippen LogP contribution in [0.25, 0.3) is 0 Å². The van der Waals surface area contributed by atoms with E-state index in [4.69, 9.17) is 0 Å².